The Bertz CT molecular complexity index is 1580. The quantitative estimate of drug-likeness (QED) is 0.364. The van der Waals surface area contributed by atoms with Gasteiger partial charge in [-0.3, -0.25) is 9.98 Å². The molecule has 0 radical (unpaired) electrons. The summed E-state index contributed by atoms with van der Waals surface area (Å²) in [5.41, 5.74) is 5.40. The van der Waals surface area contributed by atoms with E-state index in [1.807, 2.05) is 80.8 Å². The Morgan fingerprint density at radius 3 is 2.72 bits per heavy atom. The van der Waals surface area contributed by atoms with Gasteiger partial charge in [0.2, 0.25) is 0 Å². The number of hydrogen-bond donors (Lipinski definition) is 2. The average molecular weight is 479 g/mol. The highest BCUT2D eigenvalue weighted by Gasteiger charge is 2.16. The molecule has 8 nitrogen and oxygen atoms in total. The summed E-state index contributed by atoms with van der Waals surface area (Å²) in [6.45, 7) is 11.4. The first kappa shape index (κ1) is 24.7. The number of aromatic amines is 1. The zero-order chi connectivity index (χ0) is 25.3. The van der Waals surface area contributed by atoms with Crippen molar-refractivity contribution in [2.24, 2.45) is 4.99 Å². The van der Waals surface area contributed by atoms with Crippen LogP contribution in [0, 0.1) is 6.92 Å². The first-order valence-electron chi connectivity index (χ1n) is 11.8. The molecule has 0 saturated heterocycles. The van der Waals surface area contributed by atoms with Gasteiger partial charge in [-0.25, -0.2) is 14.5 Å². The number of nitrogens with zero attached hydrogens (tertiary/aromatic N) is 6. The van der Waals surface area contributed by atoms with Crippen LogP contribution in [0.2, 0.25) is 0 Å². The molecule has 0 aliphatic rings. The second-order valence-corrected chi connectivity index (χ2v) is 8.07. The van der Waals surface area contributed by atoms with Crippen LogP contribution in [0.3, 0.4) is 0 Å². The van der Waals surface area contributed by atoms with Gasteiger partial charge in [-0.1, -0.05) is 43.8 Å². The molecule has 0 fully saturated rings. The van der Waals surface area contributed by atoms with E-state index < -0.39 is 0 Å². The Balaban J connectivity index is 0.000000233. The molecule has 0 amide bonds. The van der Waals surface area contributed by atoms with Gasteiger partial charge < -0.3 is 10.3 Å². The summed E-state index contributed by atoms with van der Waals surface area (Å²) < 4.78 is 1.75. The minimum Gasteiger partial charge on any atom is -0.339 e. The number of fused-ring (bicyclic) bond motifs is 1. The van der Waals surface area contributed by atoms with E-state index >= 15 is 0 Å². The number of imidazole rings is 1. The van der Waals surface area contributed by atoms with Crippen LogP contribution in [0.1, 0.15) is 25.4 Å². The minimum absolute atomic E-state index is 0.681. The highest BCUT2D eigenvalue weighted by molar-refractivity contribution is 5.77. The number of nitrogens with one attached hydrogen (secondary N) is 2. The fourth-order valence-electron chi connectivity index (χ4n) is 3.60. The van der Waals surface area contributed by atoms with Crippen molar-refractivity contribution in [2.75, 3.05) is 6.54 Å². The molecule has 0 unspecified atom stereocenters. The van der Waals surface area contributed by atoms with Crippen molar-refractivity contribution in [3.8, 4) is 22.6 Å². The second-order valence-electron chi connectivity index (χ2n) is 8.07. The molecule has 8 heteroatoms. The molecule has 4 aromatic heterocycles. The number of rotatable bonds is 6. The summed E-state index contributed by atoms with van der Waals surface area (Å²) in [6, 6.07) is 17.8. The number of benzene rings is 1. The maximum atomic E-state index is 4.80. The van der Waals surface area contributed by atoms with Crippen LogP contribution >= 0.6 is 0 Å². The van der Waals surface area contributed by atoms with Crippen molar-refractivity contribution in [2.45, 2.75) is 27.3 Å². The van der Waals surface area contributed by atoms with Gasteiger partial charge in [-0.15, -0.1) is 0 Å². The van der Waals surface area contributed by atoms with Crippen molar-refractivity contribution < 1.29 is 0 Å². The van der Waals surface area contributed by atoms with Crippen LogP contribution in [-0.2, 0) is 6.54 Å². The van der Waals surface area contributed by atoms with E-state index in [4.69, 9.17) is 4.98 Å². The van der Waals surface area contributed by atoms with E-state index in [0.717, 1.165) is 56.8 Å². The van der Waals surface area contributed by atoms with Crippen molar-refractivity contribution in [1.82, 2.24) is 34.9 Å². The van der Waals surface area contributed by atoms with Gasteiger partial charge in [0.05, 0.1) is 23.6 Å². The van der Waals surface area contributed by atoms with Crippen LogP contribution in [-0.4, -0.2) is 42.3 Å². The Morgan fingerprint density at radius 1 is 1.08 bits per heavy atom. The van der Waals surface area contributed by atoms with Gasteiger partial charge in [-0.05, 0) is 55.1 Å². The van der Waals surface area contributed by atoms with Crippen molar-refractivity contribution in [3.05, 3.63) is 89.1 Å². The predicted molar refractivity (Wildman–Crippen MR) is 146 cm³/mol. The van der Waals surface area contributed by atoms with Crippen LogP contribution in [0.5, 0.6) is 0 Å². The molecule has 0 atom stereocenters. The van der Waals surface area contributed by atoms with E-state index in [1.54, 1.807) is 17.1 Å². The Hall–Kier alpha value is -4.43. The molecule has 1 aromatic carbocycles. The summed E-state index contributed by atoms with van der Waals surface area (Å²) in [7, 11) is 0. The van der Waals surface area contributed by atoms with E-state index in [0.29, 0.717) is 6.54 Å². The minimum atomic E-state index is 0.681. The molecule has 182 valence electrons. The van der Waals surface area contributed by atoms with Crippen LogP contribution in [0.25, 0.3) is 41.1 Å². The highest BCUT2D eigenvalue weighted by atomic mass is 15.3. The van der Waals surface area contributed by atoms with Crippen LogP contribution < -0.4 is 15.8 Å². The third-order valence-corrected chi connectivity index (χ3v) is 5.41. The lowest BCUT2D eigenvalue weighted by molar-refractivity contribution is 0.698. The van der Waals surface area contributed by atoms with E-state index in [1.165, 1.54) is 0 Å². The molecule has 36 heavy (non-hydrogen) atoms. The summed E-state index contributed by atoms with van der Waals surface area (Å²) in [5, 5.41) is 9.61. The predicted octanol–water partition coefficient (Wildman–Crippen LogP) is 3.52. The van der Waals surface area contributed by atoms with Crippen LogP contribution in [0.4, 0.5) is 0 Å². The first-order chi connectivity index (χ1) is 17.6. The lowest BCUT2D eigenvalue weighted by Gasteiger charge is -2.04. The number of hydrogen-bond acceptors (Lipinski definition) is 6. The molecule has 4 heterocycles. The van der Waals surface area contributed by atoms with Gasteiger partial charge in [0.15, 0.2) is 5.65 Å². The molecular formula is C28H30N8. The Morgan fingerprint density at radius 2 is 1.94 bits per heavy atom. The maximum Gasteiger partial charge on any atom is 0.155 e. The summed E-state index contributed by atoms with van der Waals surface area (Å²) in [5.74, 6) is 0.883. The maximum absolute atomic E-state index is 4.80. The number of aryl methyl sites for hydroxylation is 1. The van der Waals surface area contributed by atoms with Gasteiger partial charge in [0.1, 0.15) is 12.2 Å². The number of aromatic nitrogens is 6. The smallest absolute Gasteiger partial charge is 0.155 e. The Labute approximate surface area is 210 Å². The SMILES string of the molecule is C=c1cccc/c1=C/N=CC.CCNCc1nc(-c2ccc3ncnn3c2)c(-c2cccc(C)n2)[nH]1. The molecular weight excluding hydrogens is 448 g/mol. The zero-order valence-electron chi connectivity index (χ0n) is 20.8. The van der Waals surface area contributed by atoms with E-state index in [9.17, 15) is 0 Å². The second kappa shape index (κ2) is 11.8. The number of pyridine rings is 2. The van der Waals surface area contributed by atoms with Gasteiger partial charge in [0.25, 0.3) is 0 Å². The monoisotopic (exact) mass is 478 g/mol. The van der Waals surface area contributed by atoms with Crippen molar-refractivity contribution in [1.29, 1.82) is 0 Å². The standard InChI is InChI=1S/C18H19N7.C10H11N/c1-3-19-9-15-23-17(13-7-8-16-20-11-21-25(16)10-13)18(24-15)14-6-4-5-12(2)22-14;1-3-11-8-10-7-5-4-6-9(10)2/h4-8,10-11,19H,3,9H2,1-2H3,(H,23,24);3-8H,2H2,1H3/b;10-8-,11-3?. The van der Waals surface area contributed by atoms with Gasteiger partial charge >= 0.3 is 0 Å². The molecule has 0 bridgehead atoms. The molecule has 5 aromatic rings. The Kier molecular flexibility index (Phi) is 8.10. The van der Waals surface area contributed by atoms with Crippen LogP contribution in [0.15, 0.2) is 72.1 Å². The van der Waals surface area contributed by atoms with Crippen molar-refractivity contribution >= 4 is 24.6 Å². The largest absolute Gasteiger partial charge is 0.339 e. The van der Waals surface area contributed by atoms with Gasteiger partial charge in [0, 0.05) is 29.9 Å². The molecule has 0 aliphatic heterocycles. The van der Waals surface area contributed by atoms with Crippen molar-refractivity contribution in [3.63, 3.8) is 0 Å². The number of aliphatic imine (C=N–C) groups is 1. The third kappa shape index (κ3) is 5.97. The molecule has 5 rings (SSSR count). The highest BCUT2D eigenvalue weighted by Crippen LogP contribution is 2.29. The average Bonchev–Trinajstić information content (AvgIpc) is 3.54. The number of H-pyrrole nitrogens is 1. The summed E-state index contributed by atoms with van der Waals surface area (Å²) in [6.07, 6.45) is 7.05. The molecule has 0 spiro atoms. The van der Waals surface area contributed by atoms with E-state index in [2.05, 4.69) is 43.9 Å². The molecule has 2 N–H and O–H groups in total. The topological polar surface area (TPSA) is 96.2 Å². The molecule has 0 aliphatic carbocycles. The summed E-state index contributed by atoms with van der Waals surface area (Å²) >= 11 is 0. The summed E-state index contributed by atoms with van der Waals surface area (Å²) in [4.78, 5) is 21.1. The van der Waals surface area contributed by atoms with Gasteiger partial charge in [-0.2, -0.15) is 5.10 Å². The fraction of sp³-hybridized carbons (Fsp3) is 0.179. The normalized spacial score (nSPS) is 11.7. The lowest BCUT2D eigenvalue weighted by atomic mass is 10.1. The molecule has 0 saturated carbocycles. The lowest BCUT2D eigenvalue weighted by Crippen LogP contribution is -2.21. The third-order valence-electron chi connectivity index (χ3n) is 5.41. The fourth-order valence-corrected chi connectivity index (χ4v) is 3.60. The first-order valence-corrected chi connectivity index (χ1v) is 11.8. The zero-order valence-corrected chi connectivity index (χ0v) is 20.8. The van der Waals surface area contributed by atoms with E-state index in [-0.39, 0.29) is 0 Å².